The van der Waals surface area contributed by atoms with E-state index < -0.39 is 0 Å². The molecule has 0 bridgehead atoms. The molecule has 0 aliphatic carbocycles. The molecular weight excluding hydrogens is 404 g/mol. The largest absolute Gasteiger partial charge is 0.457 e. The number of aryl methyl sites for hydroxylation is 2. The highest BCUT2D eigenvalue weighted by atomic mass is 32.1. The van der Waals surface area contributed by atoms with Crippen molar-refractivity contribution in [3.8, 4) is 38.2 Å². The molecule has 3 aromatic heterocycles. The Morgan fingerprint density at radius 2 is 1.65 bits per heavy atom. The normalized spacial score (nSPS) is 10.9. The lowest BCUT2D eigenvalue weighted by Crippen LogP contribution is -1.99. The van der Waals surface area contributed by atoms with E-state index in [9.17, 15) is 0 Å². The van der Waals surface area contributed by atoms with Gasteiger partial charge in [-0.3, -0.25) is 4.98 Å². The zero-order valence-electron chi connectivity index (χ0n) is 17.2. The standard InChI is InChI=1S/C25H20N4OS/c1-17-12-18(2)29(28-17)21-8-4-10-23(14-21)30-22-9-3-6-19(13-22)25-27-16-24(31-25)20-7-5-11-26-15-20/h3-16H,1-2H3. The molecule has 31 heavy (non-hydrogen) atoms. The Hall–Kier alpha value is -3.77. The third kappa shape index (κ3) is 4.11. The molecule has 0 N–H and O–H groups in total. The molecule has 2 aromatic carbocycles. The van der Waals surface area contributed by atoms with Gasteiger partial charge in [-0.25, -0.2) is 9.67 Å². The van der Waals surface area contributed by atoms with Crippen molar-refractivity contribution < 1.29 is 4.74 Å². The van der Waals surface area contributed by atoms with E-state index in [0.29, 0.717) is 0 Å². The second-order valence-corrected chi connectivity index (χ2v) is 8.27. The van der Waals surface area contributed by atoms with Crippen LogP contribution in [0.5, 0.6) is 11.5 Å². The van der Waals surface area contributed by atoms with Crippen LogP contribution < -0.4 is 4.74 Å². The Balaban J connectivity index is 1.40. The average Bonchev–Trinajstić information content (AvgIpc) is 3.41. The fraction of sp³-hybridized carbons (Fsp3) is 0.0800. The molecule has 0 aliphatic rings. The first-order valence-electron chi connectivity index (χ1n) is 9.94. The molecule has 0 spiro atoms. The number of rotatable bonds is 5. The van der Waals surface area contributed by atoms with Crippen LogP contribution in [0, 0.1) is 13.8 Å². The van der Waals surface area contributed by atoms with Crippen molar-refractivity contribution in [1.29, 1.82) is 0 Å². The number of aromatic nitrogens is 4. The first kappa shape index (κ1) is 19.2. The molecular formula is C25H20N4OS. The summed E-state index contributed by atoms with van der Waals surface area (Å²) in [6, 6.07) is 22.0. The Morgan fingerprint density at radius 3 is 2.42 bits per heavy atom. The van der Waals surface area contributed by atoms with E-state index in [0.717, 1.165) is 49.6 Å². The lowest BCUT2D eigenvalue weighted by Gasteiger charge is -2.10. The van der Waals surface area contributed by atoms with Gasteiger partial charge in [-0.1, -0.05) is 24.3 Å². The molecule has 0 radical (unpaired) electrons. The second kappa shape index (κ2) is 8.16. The summed E-state index contributed by atoms with van der Waals surface area (Å²) in [4.78, 5) is 9.88. The summed E-state index contributed by atoms with van der Waals surface area (Å²) in [5.74, 6) is 1.53. The number of hydrogen-bond acceptors (Lipinski definition) is 5. The molecule has 0 saturated carbocycles. The van der Waals surface area contributed by atoms with Crippen LogP contribution in [0.3, 0.4) is 0 Å². The van der Waals surface area contributed by atoms with Crippen LogP contribution in [-0.4, -0.2) is 19.7 Å². The minimum absolute atomic E-state index is 0.761. The van der Waals surface area contributed by atoms with Crippen LogP contribution in [-0.2, 0) is 0 Å². The maximum atomic E-state index is 6.17. The van der Waals surface area contributed by atoms with E-state index in [1.807, 2.05) is 91.6 Å². The highest BCUT2D eigenvalue weighted by Crippen LogP contribution is 2.34. The third-order valence-corrected chi connectivity index (χ3v) is 5.94. The van der Waals surface area contributed by atoms with E-state index >= 15 is 0 Å². The minimum atomic E-state index is 0.761. The summed E-state index contributed by atoms with van der Waals surface area (Å²) in [6.07, 6.45) is 5.52. The third-order valence-electron chi connectivity index (χ3n) is 4.84. The molecule has 152 valence electrons. The number of thiazole rings is 1. The van der Waals surface area contributed by atoms with Gasteiger partial charge < -0.3 is 4.74 Å². The number of nitrogens with zero attached hydrogens (tertiary/aromatic N) is 4. The molecule has 0 amide bonds. The van der Waals surface area contributed by atoms with E-state index in [1.165, 1.54) is 0 Å². The Labute approximate surface area is 184 Å². The van der Waals surface area contributed by atoms with Crippen molar-refractivity contribution in [3.05, 3.63) is 96.7 Å². The van der Waals surface area contributed by atoms with Crippen LogP contribution in [0.15, 0.2) is 85.3 Å². The molecule has 5 aromatic rings. The minimum Gasteiger partial charge on any atom is -0.457 e. The summed E-state index contributed by atoms with van der Waals surface area (Å²) in [5, 5.41) is 5.50. The van der Waals surface area contributed by atoms with E-state index in [1.54, 1.807) is 17.5 Å². The van der Waals surface area contributed by atoms with Crippen LogP contribution in [0.2, 0.25) is 0 Å². The van der Waals surface area contributed by atoms with Gasteiger partial charge in [0.2, 0.25) is 0 Å². The zero-order chi connectivity index (χ0) is 21.2. The Morgan fingerprint density at radius 1 is 0.839 bits per heavy atom. The van der Waals surface area contributed by atoms with E-state index in [-0.39, 0.29) is 0 Å². The van der Waals surface area contributed by atoms with Crippen molar-refractivity contribution in [3.63, 3.8) is 0 Å². The smallest absolute Gasteiger partial charge is 0.129 e. The molecule has 3 heterocycles. The molecule has 0 unspecified atom stereocenters. The Kier molecular flexibility index (Phi) is 5.06. The van der Waals surface area contributed by atoms with Gasteiger partial charge in [-0.05, 0) is 50.2 Å². The molecule has 5 nitrogen and oxygen atoms in total. The summed E-state index contributed by atoms with van der Waals surface area (Å²) >= 11 is 1.64. The van der Waals surface area contributed by atoms with Crippen molar-refractivity contribution >= 4 is 11.3 Å². The molecule has 0 fully saturated rings. The fourth-order valence-electron chi connectivity index (χ4n) is 3.45. The number of pyridine rings is 1. The van der Waals surface area contributed by atoms with Crippen LogP contribution >= 0.6 is 11.3 Å². The topological polar surface area (TPSA) is 52.8 Å². The molecule has 0 atom stereocenters. The zero-order valence-corrected chi connectivity index (χ0v) is 18.0. The fourth-order valence-corrected chi connectivity index (χ4v) is 4.35. The molecule has 6 heteroatoms. The van der Waals surface area contributed by atoms with E-state index in [2.05, 4.69) is 21.1 Å². The summed E-state index contributed by atoms with van der Waals surface area (Å²) in [6.45, 7) is 4.04. The predicted molar refractivity (Wildman–Crippen MR) is 124 cm³/mol. The van der Waals surface area contributed by atoms with Gasteiger partial charge in [-0.15, -0.1) is 11.3 Å². The Bertz CT molecular complexity index is 1340. The first-order valence-corrected chi connectivity index (χ1v) is 10.8. The predicted octanol–water partition coefficient (Wildman–Crippen LogP) is 6.47. The summed E-state index contributed by atoms with van der Waals surface area (Å²) < 4.78 is 8.09. The first-order chi connectivity index (χ1) is 15.2. The molecule has 0 saturated heterocycles. The van der Waals surface area contributed by atoms with Crippen LogP contribution in [0.4, 0.5) is 0 Å². The van der Waals surface area contributed by atoms with Gasteiger partial charge >= 0.3 is 0 Å². The molecule has 0 aliphatic heterocycles. The van der Waals surface area contributed by atoms with Crippen molar-refractivity contribution in [1.82, 2.24) is 19.7 Å². The SMILES string of the molecule is Cc1cc(C)n(-c2cccc(Oc3cccc(-c4ncc(-c5cccnc5)s4)c3)c2)n1. The van der Waals surface area contributed by atoms with E-state index in [4.69, 9.17) is 4.74 Å². The number of benzene rings is 2. The monoisotopic (exact) mass is 424 g/mol. The number of hydrogen-bond donors (Lipinski definition) is 0. The maximum Gasteiger partial charge on any atom is 0.129 e. The second-order valence-electron chi connectivity index (χ2n) is 7.24. The summed E-state index contributed by atoms with van der Waals surface area (Å²) in [5.41, 5.74) is 5.14. The van der Waals surface area contributed by atoms with Crippen LogP contribution in [0.1, 0.15) is 11.4 Å². The highest BCUT2D eigenvalue weighted by Gasteiger charge is 2.09. The molecule has 5 rings (SSSR count). The maximum absolute atomic E-state index is 6.17. The van der Waals surface area contributed by atoms with Gasteiger partial charge in [0.05, 0.1) is 16.3 Å². The van der Waals surface area contributed by atoms with Crippen molar-refractivity contribution in [2.45, 2.75) is 13.8 Å². The van der Waals surface area contributed by atoms with Crippen molar-refractivity contribution in [2.75, 3.05) is 0 Å². The highest BCUT2D eigenvalue weighted by molar-refractivity contribution is 7.18. The quantitative estimate of drug-likeness (QED) is 0.325. The van der Waals surface area contributed by atoms with Crippen molar-refractivity contribution in [2.24, 2.45) is 0 Å². The van der Waals surface area contributed by atoms with Gasteiger partial charge in [0.1, 0.15) is 16.5 Å². The van der Waals surface area contributed by atoms with Gasteiger partial charge in [0, 0.05) is 41.5 Å². The number of ether oxygens (including phenoxy) is 1. The lowest BCUT2D eigenvalue weighted by molar-refractivity contribution is 0.482. The lowest BCUT2D eigenvalue weighted by atomic mass is 10.2. The van der Waals surface area contributed by atoms with Gasteiger partial charge in [0.25, 0.3) is 0 Å². The van der Waals surface area contributed by atoms with Crippen LogP contribution in [0.25, 0.3) is 26.7 Å². The summed E-state index contributed by atoms with van der Waals surface area (Å²) in [7, 11) is 0. The van der Waals surface area contributed by atoms with Gasteiger partial charge in [0.15, 0.2) is 0 Å². The average molecular weight is 425 g/mol. The van der Waals surface area contributed by atoms with Gasteiger partial charge in [-0.2, -0.15) is 5.10 Å².